The molecule has 204 valence electrons. The molecular weight excluding hydrogens is 533 g/mol. The highest BCUT2D eigenvalue weighted by molar-refractivity contribution is 6.31. The van der Waals surface area contributed by atoms with Crippen molar-refractivity contribution in [3.05, 3.63) is 63.1 Å². The fourth-order valence-electron chi connectivity index (χ4n) is 6.97. The first-order chi connectivity index (χ1) is 17.7. The van der Waals surface area contributed by atoms with Crippen LogP contribution in [-0.4, -0.2) is 34.5 Å². The Morgan fingerprint density at radius 2 is 1.76 bits per heavy atom. The standard InChI is InChI=1S/C29H32Cl2F2N2O3/c1-27(2,3)13-20-29(16-8-9-18(31)23(33)24(16)35-26(29)37)21(15-6-5-7-17(30)22(15)32)25(34-20)19(36)10-14-11-28(4,38)12-14/h5-9,14,20-21,25,34,38H,10-13H2,1-4H3,(H,35,37)/t14?,20-,21+,25+,28?,29+/m1/s1. The van der Waals surface area contributed by atoms with Gasteiger partial charge >= 0.3 is 0 Å². The maximum Gasteiger partial charge on any atom is 0.237 e. The molecule has 3 aliphatic rings. The summed E-state index contributed by atoms with van der Waals surface area (Å²) in [6, 6.07) is 5.98. The van der Waals surface area contributed by atoms with Crippen molar-refractivity contribution >= 4 is 40.6 Å². The lowest BCUT2D eigenvalue weighted by Crippen LogP contribution is -2.49. The third kappa shape index (κ3) is 4.36. The van der Waals surface area contributed by atoms with Crippen LogP contribution in [0.5, 0.6) is 0 Å². The topological polar surface area (TPSA) is 78.4 Å². The van der Waals surface area contributed by atoms with Gasteiger partial charge in [-0.3, -0.25) is 9.59 Å². The van der Waals surface area contributed by atoms with E-state index in [0.29, 0.717) is 24.8 Å². The number of anilines is 1. The minimum atomic E-state index is -1.50. The normalized spacial score (nSPS) is 32.3. The number of carbonyl (C=O) groups is 2. The number of fused-ring (bicyclic) bond motifs is 2. The third-order valence-electron chi connectivity index (χ3n) is 8.34. The first-order valence-corrected chi connectivity index (χ1v) is 13.7. The number of benzene rings is 2. The number of aliphatic hydroxyl groups is 1. The molecule has 0 unspecified atom stereocenters. The third-order valence-corrected chi connectivity index (χ3v) is 8.92. The van der Waals surface area contributed by atoms with Gasteiger partial charge in [0.2, 0.25) is 5.91 Å². The van der Waals surface area contributed by atoms with Crippen LogP contribution in [0.25, 0.3) is 0 Å². The molecule has 1 spiro atoms. The average molecular weight is 565 g/mol. The summed E-state index contributed by atoms with van der Waals surface area (Å²) in [5.41, 5.74) is -2.16. The SMILES string of the molecule is CC(C)(C)C[C@H]1N[C@@H](C(=O)CC2CC(C)(O)C2)[C@H](c2cccc(Cl)c2F)[C@@]12C(=O)Nc1c2ccc(Cl)c1F. The summed E-state index contributed by atoms with van der Waals surface area (Å²) >= 11 is 12.3. The molecule has 2 aromatic carbocycles. The van der Waals surface area contributed by atoms with Gasteiger partial charge in [-0.15, -0.1) is 0 Å². The van der Waals surface area contributed by atoms with Gasteiger partial charge in [0.05, 0.1) is 27.4 Å². The smallest absolute Gasteiger partial charge is 0.237 e. The van der Waals surface area contributed by atoms with E-state index in [0.717, 1.165) is 0 Å². The fourth-order valence-corrected chi connectivity index (χ4v) is 7.31. The first-order valence-electron chi connectivity index (χ1n) is 12.9. The Kier molecular flexibility index (Phi) is 6.70. The summed E-state index contributed by atoms with van der Waals surface area (Å²) < 4.78 is 31.0. The van der Waals surface area contributed by atoms with Gasteiger partial charge in [0.1, 0.15) is 11.2 Å². The lowest BCUT2D eigenvalue weighted by atomic mass is 9.61. The Morgan fingerprint density at radius 1 is 1.11 bits per heavy atom. The molecule has 0 radical (unpaired) electrons. The molecule has 2 heterocycles. The molecule has 5 rings (SSSR count). The van der Waals surface area contributed by atoms with Crippen molar-refractivity contribution in [2.45, 2.75) is 82.4 Å². The highest BCUT2D eigenvalue weighted by Gasteiger charge is 2.66. The molecule has 1 saturated heterocycles. The summed E-state index contributed by atoms with van der Waals surface area (Å²) in [4.78, 5) is 28.0. The van der Waals surface area contributed by atoms with E-state index in [-0.39, 0.29) is 44.8 Å². The fraction of sp³-hybridized carbons (Fsp3) is 0.517. The highest BCUT2D eigenvalue weighted by atomic mass is 35.5. The van der Waals surface area contributed by atoms with Crippen molar-refractivity contribution < 1.29 is 23.5 Å². The zero-order chi connectivity index (χ0) is 27.8. The molecular formula is C29H32Cl2F2N2O3. The summed E-state index contributed by atoms with van der Waals surface area (Å²) in [6.45, 7) is 7.78. The number of rotatable bonds is 5. The number of hydrogen-bond donors (Lipinski definition) is 3. The number of Topliss-reactive ketones (excluding diaryl/α,β-unsaturated/α-hetero) is 1. The Balaban J connectivity index is 1.71. The zero-order valence-electron chi connectivity index (χ0n) is 21.8. The molecule has 4 atom stereocenters. The van der Waals surface area contributed by atoms with Crippen LogP contribution in [0.1, 0.15) is 70.4 Å². The molecule has 2 aliphatic heterocycles. The van der Waals surface area contributed by atoms with E-state index in [4.69, 9.17) is 23.2 Å². The Bertz CT molecular complexity index is 1320. The Labute approximate surface area is 231 Å². The van der Waals surface area contributed by atoms with E-state index < -0.39 is 46.6 Å². The molecule has 1 aliphatic carbocycles. The van der Waals surface area contributed by atoms with E-state index >= 15 is 8.78 Å². The maximum atomic E-state index is 15.7. The van der Waals surface area contributed by atoms with Gasteiger partial charge in [-0.2, -0.15) is 0 Å². The van der Waals surface area contributed by atoms with Crippen molar-refractivity contribution in [1.29, 1.82) is 0 Å². The van der Waals surface area contributed by atoms with Crippen LogP contribution in [0.4, 0.5) is 14.5 Å². The van der Waals surface area contributed by atoms with Gasteiger partial charge < -0.3 is 15.7 Å². The van der Waals surface area contributed by atoms with Crippen LogP contribution in [0.2, 0.25) is 10.0 Å². The second-order valence-corrected chi connectivity index (χ2v) is 13.4. The average Bonchev–Trinajstić information content (AvgIpc) is 3.27. The molecule has 2 aromatic rings. The van der Waals surface area contributed by atoms with E-state index in [1.54, 1.807) is 25.1 Å². The van der Waals surface area contributed by atoms with Crippen LogP contribution >= 0.6 is 23.2 Å². The van der Waals surface area contributed by atoms with E-state index in [2.05, 4.69) is 10.6 Å². The summed E-state index contributed by atoms with van der Waals surface area (Å²) in [6.07, 6.45) is 1.61. The number of amides is 1. The second kappa shape index (κ2) is 9.26. The molecule has 3 N–H and O–H groups in total. The van der Waals surface area contributed by atoms with Gasteiger partial charge in [0.15, 0.2) is 11.6 Å². The monoisotopic (exact) mass is 564 g/mol. The van der Waals surface area contributed by atoms with Crippen LogP contribution in [-0.2, 0) is 15.0 Å². The molecule has 0 bridgehead atoms. The summed E-state index contributed by atoms with van der Waals surface area (Å²) in [5.74, 6) is -3.17. The predicted molar refractivity (Wildman–Crippen MR) is 144 cm³/mol. The molecule has 1 saturated carbocycles. The minimum absolute atomic E-state index is 0.0114. The van der Waals surface area contributed by atoms with E-state index in [9.17, 15) is 14.7 Å². The molecule has 38 heavy (non-hydrogen) atoms. The number of halogens is 4. The second-order valence-electron chi connectivity index (χ2n) is 12.6. The molecule has 9 heteroatoms. The number of carbonyl (C=O) groups excluding carboxylic acids is 2. The van der Waals surface area contributed by atoms with Gasteiger partial charge in [0, 0.05) is 18.4 Å². The number of nitrogens with one attached hydrogen (secondary N) is 2. The van der Waals surface area contributed by atoms with Crippen molar-refractivity contribution in [2.24, 2.45) is 11.3 Å². The van der Waals surface area contributed by atoms with Crippen molar-refractivity contribution in [3.63, 3.8) is 0 Å². The summed E-state index contributed by atoms with van der Waals surface area (Å²) in [7, 11) is 0. The number of ketones is 1. The zero-order valence-corrected chi connectivity index (χ0v) is 23.3. The first kappa shape index (κ1) is 27.5. The largest absolute Gasteiger partial charge is 0.390 e. The van der Waals surface area contributed by atoms with Crippen LogP contribution in [0.3, 0.4) is 0 Å². The Morgan fingerprint density at radius 3 is 2.39 bits per heavy atom. The molecule has 0 aromatic heterocycles. The maximum absolute atomic E-state index is 15.7. The highest BCUT2D eigenvalue weighted by Crippen LogP contribution is 2.58. The minimum Gasteiger partial charge on any atom is -0.390 e. The lowest BCUT2D eigenvalue weighted by molar-refractivity contribution is -0.126. The van der Waals surface area contributed by atoms with Crippen molar-refractivity contribution in [1.82, 2.24) is 5.32 Å². The number of hydrogen-bond acceptors (Lipinski definition) is 4. The molecule has 5 nitrogen and oxygen atoms in total. The van der Waals surface area contributed by atoms with Crippen LogP contribution in [0, 0.1) is 23.0 Å². The van der Waals surface area contributed by atoms with E-state index in [1.165, 1.54) is 12.1 Å². The van der Waals surface area contributed by atoms with E-state index in [1.807, 2.05) is 20.8 Å². The van der Waals surface area contributed by atoms with Gasteiger partial charge in [0.25, 0.3) is 0 Å². The summed E-state index contributed by atoms with van der Waals surface area (Å²) in [5, 5.41) is 16.0. The van der Waals surface area contributed by atoms with Crippen LogP contribution < -0.4 is 10.6 Å². The van der Waals surface area contributed by atoms with Crippen molar-refractivity contribution in [2.75, 3.05) is 5.32 Å². The molecule has 1 amide bonds. The van der Waals surface area contributed by atoms with Gasteiger partial charge in [-0.05, 0) is 60.8 Å². The van der Waals surface area contributed by atoms with Crippen LogP contribution in [0.15, 0.2) is 30.3 Å². The van der Waals surface area contributed by atoms with Gasteiger partial charge in [-0.1, -0.05) is 62.2 Å². The van der Waals surface area contributed by atoms with Gasteiger partial charge in [-0.25, -0.2) is 8.78 Å². The molecule has 2 fully saturated rings. The van der Waals surface area contributed by atoms with Crippen molar-refractivity contribution in [3.8, 4) is 0 Å². The lowest BCUT2D eigenvalue weighted by Gasteiger charge is -2.41. The quantitative estimate of drug-likeness (QED) is 0.407. The predicted octanol–water partition coefficient (Wildman–Crippen LogP) is 6.14. The Hall–Kier alpha value is -2.06.